The zero-order valence-electron chi connectivity index (χ0n) is 8.93. The van der Waals surface area contributed by atoms with E-state index < -0.39 is 0 Å². The molecule has 1 aromatic carbocycles. The third-order valence-electron chi connectivity index (χ3n) is 2.24. The quantitative estimate of drug-likeness (QED) is 0.843. The summed E-state index contributed by atoms with van der Waals surface area (Å²) in [6, 6.07) is 6.12. The van der Waals surface area contributed by atoms with Crippen LogP contribution in [0.25, 0.3) is 6.08 Å². The van der Waals surface area contributed by atoms with E-state index in [2.05, 4.69) is 24.4 Å². The SMILES string of the molecule is CNC(C)C/C=C/c1ccc(Cl)c(Cl)c1. The maximum Gasteiger partial charge on any atom is 0.0598 e. The van der Waals surface area contributed by atoms with Gasteiger partial charge >= 0.3 is 0 Å². The summed E-state index contributed by atoms with van der Waals surface area (Å²) >= 11 is 11.7. The van der Waals surface area contributed by atoms with Gasteiger partial charge in [-0.15, -0.1) is 0 Å². The van der Waals surface area contributed by atoms with Crippen LogP contribution in [0.2, 0.25) is 10.0 Å². The summed E-state index contributed by atoms with van der Waals surface area (Å²) in [5.74, 6) is 0. The number of nitrogens with one attached hydrogen (secondary N) is 1. The minimum absolute atomic E-state index is 0.490. The second-order valence-corrected chi connectivity index (χ2v) is 4.32. The summed E-state index contributed by atoms with van der Waals surface area (Å²) in [7, 11) is 1.96. The van der Waals surface area contributed by atoms with Gasteiger partial charge in [-0.25, -0.2) is 0 Å². The van der Waals surface area contributed by atoms with Crippen LogP contribution in [0.4, 0.5) is 0 Å². The lowest BCUT2D eigenvalue weighted by atomic mass is 10.1. The molecule has 15 heavy (non-hydrogen) atoms. The monoisotopic (exact) mass is 243 g/mol. The number of hydrogen-bond acceptors (Lipinski definition) is 1. The predicted octanol–water partition coefficient (Wildman–Crippen LogP) is 4.00. The smallest absolute Gasteiger partial charge is 0.0598 e. The Morgan fingerprint density at radius 1 is 1.33 bits per heavy atom. The highest BCUT2D eigenvalue weighted by Crippen LogP contribution is 2.23. The van der Waals surface area contributed by atoms with Crippen molar-refractivity contribution in [3.8, 4) is 0 Å². The topological polar surface area (TPSA) is 12.0 Å². The molecular weight excluding hydrogens is 229 g/mol. The first-order chi connectivity index (χ1) is 7.13. The molecule has 0 aromatic heterocycles. The lowest BCUT2D eigenvalue weighted by Gasteiger charge is -2.05. The van der Waals surface area contributed by atoms with Gasteiger partial charge < -0.3 is 5.32 Å². The second-order valence-electron chi connectivity index (χ2n) is 3.50. The summed E-state index contributed by atoms with van der Waals surface area (Å²) in [6.45, 7) is 2.14. The van der Waals surface area contributed by atoms with Crippen LogP contribution in [-0.2, 0) is 0 Å². The molecule has 82 valence electrons. The van der Waals surface area contributed by atoms with Crippen LogP contribution in [0.15, 0.2) is 24.3 Å². The van der Waals surface area contributed by atoms with Gasteiger partial charge in [-0.2, -0.15) is 0 Å². The molecule has 0 aliphatic rings. The number of benzene rings is 1. The fraction of sp³-hybridized carbons (Fsp3) is 0.333. The molecule has 0 spiro atoms. The van der Waals surface area contributed by atoms with Gasteiger partial charge in [0, 0.05) is 6.04 Å². The minimum Gasteiger partial charge on any atom is -0.317 e. The Bertz CT molecular complexity index is 347. The van der Waals surface area contributed by atoms with E-state index in [1.165, 1.54) is 0 Å². The van der Waals surface area contributed by atoms with E-state index in [1.54, 1.807) is 0 Å². The molecule has 0 saturated carbocycles. The highest BCUT2D eigenvalue weighted by molar-refractivity contribution is 6.42. The summed E-state index contributed by atoms with van der Waals surface area (Å²) in [5, 5.41) is 4.37. The van der Waals surface area contributed by atoms with E-state index in [4.69, 9.17) is 23.2 Å². The van der Waals surface area contributed by atoms with E-state index in [0.717, 1.165) is 12.0 Å². The van der Waals surface area contributed by atoms with Gasteiger partial charge in [0.05, 0.1) is 10.0 Å². The summed E-state index contributed by atoms with van der Waals surface area (Å²) < 4.78 is 0. The van der Waals surface area contributed by atoms with Gasteiger partial charge in [-0.1, -0.05) is 41.4 Å². The fourth-order valence-electron chi connectivity index (χ4n) is 1.14. The van der Waals surface area contributed by atoms with Gasteiger partial charge in [-0.05, 0) is 38.1 Å². The van der Waals surface area contributed by atoms with Crippen molar-refractivity contribution in [3.05, 3.63) is 39.9 Å². The number of hydrogen-bond donors (Lipinski definition) is 1. The van der Waals surface area contributed by atoms with Crippen LogP contribution in [-0.4, -0.2) is 13.1 Å². The van der Waals surface area contributed by atoms with Gasteiger partial charge in [0.1, 0.15) is 0 Å². The molecule has 1 nitrogen and oxygen atoms in total. The van der Waals surface area contributed by atoms with Crippen LogP contribution in [0.1, 0.15) is 18.9 Å². The molecule has 0 heterocycles. The first-order valence-corrected chi connectivity index (χ1v) is 5.68. The standard InChI is InChI=1S/C12H15Cl2N/c1-9(15-2)4-3-5-10-6-7-11(13)12(14)8-10/h3,5-9,15H,4H2,1-2H3/b5-3+. The maximum atomic E-state index is 5.90. The Balaban J connectivity index is 2.61. The number of rotatable bonds is 4. The van der Waals surface area contributed by atoms with E-state index in [1.807, 2.05) is 25.2 Å². The van der Waals surface area contributed by atoms with Crippen molar-refractivity contribution in [2.45, 2.75) is 19.4 Å². The van der Waals surface area contributed by atoms with Crippen molar-refractivity contribution in [3.63, 3.8) is 0 Å². The van der Waals surface area contributed by atoms with E-state index >= 15 is 0 Å². The zero-order valence-corrected chi connectivity index (χ0v) is 10.4. The highest BCUT2D eigenvalue weighted by atomic mass is 35.5. The molecule has 3 heteroatoms. The first kappa shape index (κ1) is 12.6. The van der Waals surface area contributed by atoms with Crippen LogP contribution < -0.4 is 5.32 Å². The van der Waals surface area contributed by atoms with Crippen LogP contribution >= 0.6 is 23.2 Å². The molecule has 0 aliphatic heterocycles. The van der Waals surface area contributed by atoms with Crippen LogP contribution in [0, 0.1) is 0 Å². The molecule has 1 unspecified atom stereocenters. The first-order valence-electron chi connectivity index (χ1n) is 4.92. The average molecular weight is 244 g/mol. The lowest BCUT2D eigenvalue weighted by molar-refractivity contribution is 0.621. The molecule has 0 bridgehead atoms. The Labute approximate surface area is 101 Å². The Morgan fingerprint density at radius 3 is 2.67 bits per heavy atom. The van der Waals surface area contributed by atoms with Crippen molar-refractivity contribution in [2.75, 3.05) is 7.05 Å². The van der Waals surface area contributed by atoms with Gasteiger partial charge in [0.15, 0.2) is 0 Å². The number of halogens is 2. The molecule has 0 radical (unpaired) electrons. The summed E-state index contributed by atoms with van der Waals surface area (Å²) in [4.78, 5) is 0. The van der Waals surface area contributed by atoms with Gasteiger partial charge in [0.25, 0.3) is 0 Å². The van der Waals surface area contributed by atoms with Crippen LogP contribution in [0.3, 0.4) is 0 Å². The normalized spacial score (nSPS) is 13.3. The molecule has 1 atom stereocenters. The Kier molecular flexibility index (Phi) is 5.16. The van der Waals surface area contributed by atoms with Crippen molar-refractivity contribution in [2.24, 2.45) is 0 Å². The van der Waals surface area contributed by atoms with Crippen molar-refractivity contribution in [1.82, 2.24) is 5.32 Å². The van der Waals surface area contributed by atoms with Gasteiger partial charge in [0.2, 0.25) is 0 Å². The van der Waals surface area contributed by atoms with E-state index in [0.29, 0.717) is 16.1 Å². The molecule has 1 rings (SSSR count). The van der Waals surface area contributed by atoms with E-state index in [-0.39, 0.29) is 0 Å². The second kappa shape index (κ2) is 6.16. The zero-order chi connectivity index (χ0) is 11.3. The molecule has 1 aromatic rings. The largest absolute Gasteiger partial charge is 0.317 e. The summed E-state index contributed by atoms with van der Waals surface area (Å²) in [6.07, 6.45) is 5.17. The summed E-state index contributed by atoms with van der Waals surface area (Å²) in [5.41, 5.74) is 1.08. The van der Waals surface area contributed by atoms with E-state index in [9.17, 15) is 0 Å². The third-order valence-corrected chi connectivity index (χ3v) is 2.98. The molecular formula is C12H15Cl2N. The predicted molar refractivity (Wildman–Crippen MR) is 68.6 cm³/mol. The van der Waals surface area contributed by atoms with Crippen molar-refractivity contribution < 1.29 is 0 Å². The Hall–Kier alpha value is -0.500. The average Bonchev–Trinajstić information content (AvgIpc) is 2.23. The van der Waals surface area contributed by atoms with Gasteiger partial charge in [-0.3, -0.25) is 0 Å². The van der Waals surface area contributed by atoms with Crippen molar-refractivity contribution in [1.29, 1.82) is 0 Å². The van der Waals surface area contributed by atoms with Crippen molar-refractivity contribution >= 4 is 29.3 Å². The fourth-order valence-corrected chi connectivity index (χ4v) is 1.45. The molecule has 1 N–H and O–H groups in total. The molecule has 0 saturated heterocycles. The lowest BCUT2D eigenvalue weighted by Crippen LogP contribution is -2.19. The Morgan fingerprint density at radius 2 is 2.07 bits per heavy atom. The molecule has 0 amide bonds. The minimum atomic E-state index is 0.490. The molecule has 0 aliphatic carbocycles. The molecule has 0 fully saturated rings. The van der Waals surface area contributed by atoms with Crippen LogP contribution in [0.5, 0.6) is 0 Å². The highest BCUT2D eigenvalue weighted by Gasteiger charge is 1.97. The maximum absolute atomic E-state index is 5.90. The third kappa shape index (κ3) is 4.25.